The predicted octanol–water partition coefficient (Wildman–Crippen LogP) is 2.54. The van der Waals surface area contributed by atoms with Crippen LogP contribution in [0, 0.1) is 5.92 Å². The normalized spacial score (nSPS) is 15.5. The van der Waals surface area contributed by atoms with E-state index in [4.69, 9.17) is 0 Å². The lowest BCUT2D eigenvalue weighted by Gasteiger charge is -2.32. The van der Waals surface area contributed by atoms with Gasteiger partial charge in [-0.3, -0.25) is 4.79 Å². The summed E-state index contributed by atoms with van der Waals surface area (Å²) in [5.41, 5.74) is 1.40. The van der Waals surface area contributed by atoms with Crippen molar-refractivity contribution in [2.45, 2.75) is 32.1 Å². The third kappa shape index (κ3) is 3.90. The first-order valence-electron chi connectivity index (χ1n) is 9.26. The number of amides is 1. The van der Waals surface area contributed by atoms with Crippen molar-refractivity contribution in [1.82, 2.24) is 24.5 Å². The Bertz CT molecular complexity index is 835. The number of carbonyl (C=O) groups excluding carboxylic acids is 1. The van der Waals surface area contributed by atoms with Gasteiger partial charge in [0.2, 0.25) is 5.91 Å². The lowest BCUT2D eigenvalue weighted by molar-refractivity contribution is -0.132. The number of nitrogens with zero attached hydrogens (tertiary/aromatic N) is 5. The van der Waals surface area contributed by atoms with Crippen molar-refractivity contribution in [3.63, 3.8) is 0 Å². The highest BCUT2D eigenvalue weighted by Gasteiger charge is 2.23. The summed E-state index contributed by atoms with van der Waals surface area (Å²) in [5.74, 6) is 1.90. The van der Waals surface area contributed by atoms with Crippen molar-refractivity contribution >= 4 is 11.7 Å². The Morgan fingerprint density at radius 1 is 1.12 bits per heavy atom. The molecule has 26 heavy (non-hydrogen) atoms. The van der Waals surface area contributed by atoms with E-state index in [0.29, 0.717) is 17.5 Å². The zero-order chi connectivity index (χ0) is 17.8. The molecule has 1 amide bonds. The van der Waals surface area contributed by atoms with Gasteiger partial charge in [-0.15, -0.1) is 5.10 Å². The fourth-order valence-electron chi connectivity index (χ4n) is 3.58. The number of likely N-dealkylation sites (tertiary alicyclic amines) is 1. The molecule has 6 heteroatoms. The van der Waals surface area contributed by atoms with Crippen LogP contribution in [-0.2, 0) is 17.6 Å². The molecule has 1 aromatic carbocycles. The molecule has 1 aliphatic rings. The summed E-state index contributed by atoms with van der Waals surface area (Å²) in [6.45, 7) is 1.67. The maximum Gasteiger partial charge on any atom is 0.252 e. The molecule has 6 nitrogen and oxygen atoms in total. The molecular formula is C20H23N5O. The zero-order valence-electron chi connectivity index (χ0n) is 14.8. The van der Waals surface area contributed by atoms with E-state index in [0.717, 1.165) is 32.4 Å². The molecule has 4 rings (SSSR count). The minimum absolute atomic E-state index is 0.113. The van der Waals surface area contributed by atoms with E-state index in [9.17, 15) is 4.79 Å². The molecule has 134 valence electrons. The van der Waals surface area contributed by atoms with Crippen LogP contribution in [0.25, 0.3) is 5.78 Å². The highest BCUT2D eigenvalue weighted by Crippen LogP contribution is 2.22. The third-order valence-corrected chi connectivity index (χ3v) is 5.12. The van der Waals surface area contributed by atoms with Crippen molar-refractivity contribution in [3.8, 4) is 0 Å². The number of fused-ring (bicyclic) bond motifs is 1. The van der Waals surface area contributed by atoms with Crippen molar-refractivity contribution < 1.29 is 4.79 Å². The highest BCUT2D eigenvalue weighted by atomic mass is 16.2. The summed E-state index contributed by atoms with van der Waals surface area (Å²) in [4.78, 5) is 23.0. The number of aromatic nitrogens is 4. The van der Waals surface area contributed by atoms with Gasteiger partial charge in [-0.2, -0.15) is 4.98 Å². The number of piperidine rings is 1. The molecule has 0 N–H and O–H groups in total. The second kappa shape index (κ2) is 7.64. The Labute approximate surface area is 152 Å². The maximum absolute atomic E-state index is 12.5. The minimum atomic E-state index is 0.113. The first kappa shape index (κ1) is 16.7. The summed E-state index contributed by atoms with van der Waals surface area (Å²) < 4.78 is 1.61. The van der Waals surface area contributed by atoms with E-state index in [1.54, 1.807) is 23.0 Å². The van der Waals surface area contributed by atoms with Gasteiger partial charge in [-0.1, -0.05) is 30.3 Å². The Morgan fingerprint density at radius 2 is 1.92 bits per heavy atom. The molecule has 0 radical (unpaired) electrons. The Morgan fingerprint density at radius 3 is 2.69 bits per heavy atom. The van der Waals surface area contributed by atoms with Crippen LogP contribution in [0.4, 0.5) is 0 Å². The van der Waals surface area contributed by atoms with Gasteiger partial charge >= 0.3 is 0 Å². The van der Waals surface area contributed by atoms with E-state index >= 15 is 0 Å². The fraction of sp³-hybridized carbons (Fsp3) is 0.400. The largest absolute Gasteiger partial charge is 0.342 e. The third-order valence-electron chi connectivity index (χ3n) is 5.12. The molecule has 0 saturated carbocycles. The average Bonchev–Trinajstić information content (AvgIpc) is 3.10. The molecule has 3 aromatic rings. The smallest absolute Gasteiger partial charge is 0.252 e. The van der Waals surface area contributed by atoms with Gasteiger partial charge in [0, 0.05) is 25.5 Å². The molecular weight excluding hydrogens is 326 g/mol. The standard InChI is InChI=1S/C20H23N5O/c26-19(15-18-22-20-21-11-4-12-25(20)23-18)24-13-9-17(10-14-24)8-7-16-5-2-1-3-6-16/h1-6,11-12,17H,7-10,13-15H2. The zero-order valence-corrected chi connectivity index (χ0v) is 14.8. The van der Waals surface area contributed by atoms with Crippen LogP contribution in [0.5, 0.6) is 0 Å². The summed E-state index contributed by atoms with van der Waals surface area (Å²) in [6, 6.07) is 12.4. The summed E-state index contributed by atoms with van der Waals surface area (Å²) in [7, 11) is 0. The van der Waals surface area contributed by atoms with E-state index in [1.165, 1.54) is 12.0 Å². The molecule has 1 aliphatic heterocycles. The van der Waals surface area contributed by atoms with Gasteiger partial charge in [0.05, 0.1) is 6.42 Å². The van der Waals surface area contributed by atoms with Crippen LogP contribution in [0.15, 0.2) is 48.8 Å². The topological polar surface area (TPSA) is 63.4 Å². The Balaban J connectivity index is 1.26. The number of hydrogen-bond acceptors (Lipinski definition) is 4. The van der Waals surface area contributed by atoms with Gasteiger partial charge in [0.25, 0.3) is 5.78 Å². The van der Waals surface area contributed by atoms with Crippen molar-refractivity contribution in [2.75, 3.05) is 13.1 Å². The number of benzene rings is 1. The highest BCUT2D eigenvalue weighted by molar-refractivity contribution is 5.78. The lowest BCUT2D eigenvalue weighted by atomic mass is 9.90. The second-order valence-electron chi connectivity index (χ2n) is 6.92. The van der Waals surface area contributed by atoms with Crippen LogP contribution in [0.2, 0.25) is 0 Å². The number of rotatable bonds is 5. The van der Waals surface area contributed by atoms with Crippen LogP contribution < -0.4 is 0 Å². The Hall–Kier alpha value is -2.76. The predicted molar refractivity (Wildman–Crippen MR) is 98.6 cm³/mol. The van der Waals surface area contributed by atoms with E-state index in [-0.39, 0.29) is 12.3 Å². The molecule has 0 spiro atoms. The van der Waals surface area contributed by atoms with Crippen LogP contribution >= 0.6 is 0 Å². The molecule has 0 atom stereocenters. The first-order valence-corrected chi connectivity index (χ1v) is 9.26. The van der Waals surface area contributed by atoms with Crippen LogP contribution in [-0.4, -0.2) is 43.5 Å². The van der Waals surface area contributed by atoms with Crippen molar-refractivity contribution in [1.29, 1.82) is 0 Å². The molecule has 2 aromatic heterocycles. The van der Waals surface area contributed by atoms with Gasteiger partial charge in [-0.05, 0) is 43.2 Å². The van der Waals surface area contributed by atoms with Gasteiger partial charge in [0.15, 0.2) is 5.82 Å². The molecule has 1 fully saturated rings. The molecule has 3 heterocycles. The molecule has 0 aliphatic carbocycles. The summed E-state index contributed by atoms with van der Waals surface area (Å²) >= 11 is 0. The molecule has 1 saturated heterocycles. The van der Waals surface area contributed by atoms with Gasteiger partial charge < -0.3 is 4.90 Å². The first-order chi connectivity index (χ1) is 12.8. The monoisotopic (exact) mass is 349 g/mol. The lowest BCUT2D eigenvalue weighted by Crippen LogP contribution is -2.39. The van der Waals surface area contributed by atoms with E-state index < -0.39 is 0 Å². The minimum Gasteiger partial charge on any atom is -0.342 e. The van der Waals surface area contributed by atoms with E-state index in [1.807, 2.05) is 4.90 Å². The van der Waals surface area contributed by atoms with Crippen LogP contribution in [0.3, 0.4) is 0 Å². The Kier molecular flexibility index (Phi) is 4.91. The molecule has 0 unspecified atom stereocenters. The van der Waals surface area contributed by atoms with Crippen molar-refractivity contribution in [3.05, 3.63) is 60.2 Å². The maximum atomic E-state index is 12.5. The van der Waals surface area contributed by atoms with Crippen LogP contribution in [0.1, 0.15) is 30.7 Å². The number of aryl methyl sites for hydroxylation is 1. The van der Waals surface area contributed by atoms with Gasteiger partial charge in [0.1, 0.15) is 0 Å². The second-order valence-corrected chi connectivity index (χ2v) is 6.92. The SMILES string of the molecule is O=C(Cc1nc2ncccn2n1)N1CCC(CCc2ccccc2)CC1. The number of carbonyl (C=O) groups is 1. The number of hydrogen-bond donors (Lipinski definition) is 0. The quantitative estimate of drug-likeness (QED) is 0.710. The summed E-state index contributed by atoms with van der Waals surface area (Å²) in [6.07, 6.45) is 8.20. The summed E-state index contributed by atoms with van der Waals surface area (Å²) in [5, 5.41) is 4.32. The van der Waals surface area contributed by atoms with Gasteiger partial charge in [-0.25, -0.2) is 9.50 Å². The van der Waals surface area contributed by atoms with E-state index in [2.05, 4.69) is 45.4 Å². The average molecular weight is 349 g/mol. The van der Waals surface area contributed by atoms with Crippen molar-refractivity contribution in [2.24, 2.45) is 5.92 Å². The molecule has 0 bridgehead atoms. The fourth-order valence-corrected chi connectivity index (χ4v) is 3.58.